The van der Waals surface area contributed by atoms with Gasteiger partial charge in [0.05, 0.1) is 13.2 Å². The molecule has 0 aliphatic heterocycles. The van der Waals surface area contributed by atoms with Gasteiger partial charge in [0.25, 0.3) is 0 Å². The summed E-state index contributed by atoms with van der Waals surface area (Å²) in [5.41, 5.74) is 0. The lowest BCUT2D eigenvalue weighted by Crippen LogP contribution is -2.53. The van der Waals surface area contributed by atoms with Crippen molar-refractivity contribution in [3.05, 3.63) is 0 Å². The minimum atomic E-state index is -2.05. The van der Waals surface area contributed by atoms with Gasteiger partial charge in [0.1, 0.15) is 67.1 Å². The molecule has 30 heavy (non-hydrogen) atoms. The Kier molecular flexibility index (Phi) is 16.1. The number of aliphatic hydroxyl groups is 13. The molecule has 15 heteroatoms. The van der Waals surface area contributed by atoms with E-state index in [1.165, 1.54) is 0 Å². The topological polar surface area (TPSA) is 297 Å². The lowest BCUT2D eigenvalue weighted by atomic mass is 9.97. The van der Waals surface area contributed by atoms with Crippen LogP contribution >= 0.6 is 0 Å². The molecule has 0 aromatic carbocycles. The van der Waals surface area contributed by atoms with Crippen LogP contribution in [0.5, 0.6) is 0 Å². The number of aldehydes is 2. The van der Waals surface area contributed by atoms with E-state index in [-0.39, 0.29) is 12.6 Å². The van der Waals surface area contributed by atoms with E-state index in [0.717, 1.165) is 0 Å². The van der Waals surface area contributed by atoms with Crippen molar-refractivity contribution in [2.24, 2.45) is 0 Å². The van der Waals surface area contributed by atoms with Crippen LogP contribution in [0.3, 0.4) is 0 Å². The summed E-state index contributed by atoms with van der Waals surface area (Å²) in [7, 11) is 0. The molecule has 0 bridgehead atoms. The Hall–Kier alpha value is -1.18. The fraction of sp³-hybridized carbons (Fsp3) is 0.867. The molecule has 11 atom stereocenters. The summed E-state index contributed by atoms with van der Waals surface area (Å²) in [5.74, 6) is 0. The minimum absolute atomic E-state index is 0.0219. The van der Waals surface area contributed by atoms with Crippen molar-refractivity contribution in [3.8, 4) is 0 Å². The molecule has 180 valence electrons. The van der Waals surface area contributed by atoms with Crippen LogP contribution in [-0.2, 0) is 9.59 Å². The third-order valence-corrected chi connectivity index (χ3v) is 3.89. The first kappa shape index (κ1) is 31.0. The molecule has 0 fully saturated rings. The first-order valence-corrected chi connectivity index (χ1v) is 8.43. The first-order valence-electron chi connectivity index (χ1n) is 8.43. The summed E-state index contributed by atoms with van der Waals surface area (Å²) in [4.78, 5) is 20.1. The van der Waals surface area contributed by atoms with Crippen LogP contribution in [0.2, 0.25) is 0 Å². The van der Waals surface area contributed by atoms with Crippen LogP contribution in [-0.4, -0.2) is 159 Å². The van der Waals surface area contributed by atoms with E-state index in [1.54, 1.807) is 0 Å². The second-order valence-corrected chi connectivity index (χ2v) is 6.19. The van der Waals surface area contributed by atoms with Gasteiger partial charge in [-0.1, -0.05) is 0 Å². The van der Waals surface area contributed by atoms with E-state index in [0.29, 0.717) is 0 Å². The number of carbonyl (C=O) groups excluding carboxylic acids is 2. The molecule has 0 radical (unpaired) electrons. The molecule has 0 heterocycles. The first-order chi connectivity index (χ1) is 13.8. The number of hydrogen-bond donors (Lipinski definition) is 13. The zero-order valence-electron chi connectivity index (χ0n) is 15.6. The van der Waals surface area contributed by atoms with Crippen LogP contribution in [0, 0.1) is 0 Å². The van der Waals surface area contributed by atoms with Gasteiger partial charge in [-0.3, -0.25) is 0 Å². The minimum Gasteiger partial charge on any atom is -0.394 e. The summed E-state index contributed by atoms with van der Waals surface area (Å²) in [6.45, 7) is -1.68. The van der Waals surface area contributed by atoms with Gasteiger partial charge in [-0.25, -0.2) is 0 Å². The Morgan fingerprint density at radius 3 is 0.900 bits per heavy atom. The summed E-state index contributed by atoms with van der Waals surface area (Å²) in [6, 6.07) is 0. The average molecular weight is 450 g/mol. The number of aliphatic hydroxyl groups excluding tert-OH is 13. The van der Waals surface area contributed by atoms with Gasteiger partial charge in [0.2, 0.25) is 0 Å². The molecule has 0 rings (SSSR count). The smallest absolute Gasteiger partial charge is 0.151 e. The van der Waals surface area contributed by atoms with E-state index in [2.05, 4.69) is 0 Å². The van der Waals surface area contributed by atoms with Crippen LogP contribution in [0.25, 0.3) is 0 Å². The molecule has 0 amide bonds. The zero-order chi connectivity index (χ0) is 24.2. The zero-order valence-corrected chi connectivity index (χ0v) is 15.6. The van der Waals surface area contributed by atoms with Gasteiger partial charge in [-0.05, 0) is 0 Å². The van der Waals surface area contributed by atoms with Crippen LogP contribution in [0.4, 0.5) is 0 Å². The third-order valence-electron chi connectivity index (χ3n) is 3.89. The monoisotopic (exact) mass is 450 g/mol. The van der Waals surface area contributed by atoms with Crippen molar-refractivity contribution in [1.82, 2.24) is 0 Å². The Bertz CT molecular complexity index is 465. The maximum atomic E-state index is 10.1. The molecule has 15 nitrogen and oxygen atoms in total. The second-order valence-electron chi connectivity index (χ2n) is 6.19. The quantitative estimate of drug-likeness (QED) is 0.116. The van der Waals surface area contributed by atoms with Crippen molar-refractivity contribution in [3.63, 3.8) is 0 Å². The van der Waals surface area contributed by atoms with E-state index in [1.807, 2.05) is 0 Å². The van der Waals surface area contributed by atoms with Gasteiger partial charge in [0, 0.05) is 0 Å². The highest BCUT2D eigenvalue weighted by atomic mass is 16.4. The molecule has 0 saturated carbocycles. The Labute approximate surface area is 170 Å². The van der Waals surface area contributed by atoms with E-state index in [9.17, 15) is 19.8 Å². The molecule has 13 N–H and O–H groups in total. The lowest BCUT2D eigenvalue weighted by Gasteiger charge is -2.29. The highest BCUT2D eigenvalue weighted by Crippen LogP contribution is 2.10. The van der Waals surface area contributed by atoms with E-state index < -0.39 is 80.4 Å². The molecule has 0 aliphatic rings. The molecule has 5 unspecified atom stereocenters. The fourth-order valence-electron chi connectivity index (χ4n) is 1.84. The summed E-state index contributed by atoms with van der Waals surface area (Å²) >= 11 is 0. The predicted molar refractivity (Wildman–Crippen MR) is 92.4 cm³/mol. The number of carbonyl (C=O) groups is 2. The van der Waals surface area contributed by atoms with Gasteiger partial charge in [-0.2, -0.15) is 0 Å². The maximum Gasteiger partial charge on any atom is 0.151 e. The molecular formula is C15H30O15. The van der Waals surface area contributed by atoms with Crippen LogP contribution in [0.15, 0.2) is 0 Å². The van der Waals surface area contributed by atoms with E-state index >= 15 is 0 Å². The summed E-state index contributed by atoms with van der Waals surface area (Å²) < 4.78 is 0. The highest BCUT2D eigenvalue weighted by molar-refractivity contribution is 5.57. The molecule has 0 aromatic heterocycles. The SMILES string of the molecule is O=C[C@H](O)[C@@H](O)[C@H](O)C(O)C(O)C(O)CO.O=C[C@H](O)[C@@H](O)[C@H](O)C(O)C(O)CO. The van der Waals surface area contributed by atoms with Crippen molar-refractivity contribution >= 4 is 12.6 Å². The third kappa shape index (κ3) is 9.75. The Balaban J connectivity index is 0. The fourth-order valence-corrected chi connectivity index (χ4v) is 1.84. The Morgan fingerprint density at radius 1 is 0.433 bits per heavy atom. The number of hydrogen-bond acceptors (Lipinski definition) is 15. The summed E-state index contributed by atoms with van der Waals surface area (Å²) in [5, 5.41) is 116. The molecule has 0 aromatic rings. The standard InChI is InChI=1S/C8H16O8.C7H14O7/c9-1-3(11)5(13)7(15)8(16)6(14)4(12)2-10;8-1-3(10)5(12)7(14)6(13)4(11)2-9/h1,3-8,10-16H,2H2;1,3-7,9-14H,2H2/t3-,4?,5+,6?,7-,8?;3-,4?,5+,6?,7-/m00/s1. The van der Waals surface area contributed by atoms with Gasteiger partial charge >= 0.3 is 0 Å². The molecule has 0 aliphatic carbocycles. The normalized spacial score (nSPS) is 22.6. The van der Waals surface area contributed by atoms with Crippen LogP contribution < -0.4 is 0 Å². The van der Waals surface area contributed by atoms with Crippen molar-refractivity contribution < 1.29 is 76.0 Å². The Morgan fingerprint density at radius 2 is 0.667 bits per heavy atom. The van der Waals surface area contributed by atoms with Crippen molar-refractivity contribution in [2.45, 2.75) is 67.1 Å². The van der Waals surface area contributed by atoms with Gasteiger partial charge in [-0.15, -0.1) is 0 Å². The molecule has 0 saturated heterocycles. The largest absolute Gasteiger partial charge is 0.394 e. The lowest BCUT2D eigenvalue weighted by molar-refractivity contribution is -0.159. The second kappa shape index (κ2) is 15.6. The van der Waals surface area contributed by atoms with Crippen LogP contribution in [0.1, 0.15) is 0 Å². The van der Waals surface area contributed by atoms with Gasteiger partial charge < -0.3 is 76.0 Å². The summed E-state index contributed by atoms with van der Waals surface area (Å²) in [6.07, 6.45) is -20.9. The van der Waals surface area contributed by atoms with Crippen molar-refractivity contribution in [1.29, 1.82) is 0 Å². The van der Waals surface area contributed by atoms with E-state index in [4.69, 9.17) is 56.2 Å². The molecule has 0 spiro atoms. The maximum absolute atomic E-state index is 10.1. The average Bonchev–Trinajstić information content (AvgIpc) is 2.78. The predicted octanol–water partition coefficient (Wildman–Crippen LogP) is -8.67. The molecular weight excluding hydrogens is 420 g/mol. The van der Waals surface area contributed by atoms with Crippen molar-refractivity contribution in [2.75, 3.05) is 13.2 Å². The number of rotatable bonds is 13. The highest BCUT2D eigenvalue weighted by Gasteiger charge is 2.37. The van der Waals surface area contributed by atoms with Gasteiger partial charge in [0.15, 0.2) is 12.6 Å².